The van der Waals surface area contributed by atoms with E-state index >= 15 is 0 Å². The molecule has 0 N–H and O–H groups in total. The minimum Gasteiger partial charge on any atom is -0.465 e. The summed E-state index contributed by atoms with van der Waals surface area (Å²) in [5.74, 6) is -13.0. The van der Waals surface area contributed by atoms with Gasteiger partial charge in [-0.05, 0) is 6.58 Å². The van der Waals surface area contributed by atoms with Gasteiger partial charge in [0.1, 0.15) is 0 Å². The van der Waals surface area contributed by atoms with E-state index in [-0.39, 0.29) is 0 Å². The summed E-state index contributed by atoms with van der Waals surface area (Å²) in [6.45, 7) is -0.707. The lowest BCUT2D eigenvalue weighted by atomic mass is 10.2. The predicted molar refractivity (Wildman–Crippen MR) is 43.1 cm³/mol. The van der Waals surface area contributed by atoms with Gasteiger partial charge in [-0.2, -0.15) is 52.7 Å². The maximum absolute atomic E-state index is 13.2. The van der Waals surface area contributed by atoms with Crippen LogP contribution in [0.15, 0.2) is 12.6 Å². The molecule has 0 saturated heterocycles. The molecule has 0 rings (SSSR count). The maximum atomic E-state index is 13.2. The van der Waals surface area contributed by atoms with Crippen LogP contribution in [-0.4, -0.2) is 36.8 Å². The Balaban J connectivity index is 5.61. The SMILES string of the molecule is C=C(F)OCC(F)(OC(F)(F)C(F)(F)C(F)(F)F)C(F)(F)F. The Morgan fingerprint density at radius 1 is 0.773 bits per heavy atom. The van der Waals surface area contributed by atoms with Crippen LogP contribution in [0.2, 0.25) is 0 Å². The molecule has 0 aliphatic carbocycles. The highest BCUT2D eigenvalue weighted by Gasteiger charge is 2.78. The van der Waals surface area contributed by atoms with Crippen molar-refractivity contribution in [2.75, 3.05) is 6.61 Å². The molecule has 0 saturated carbocycles. The lowest BCUT2D eigenvalue weighted by molar-refractivity contribution is -0.486. The highest BCUT2D eigenvalue weighted by Crippen LogP contribution is 2.51. The Kier molecular flexibility index (Phi) is 5.35. The molecule has 0 aromatic heterocycles. The van der Waals surface area contributed by atoms with Crippen LogP contribution in [0.4, 0.5) is 52.7 Å². The van der Waals surface area contributed by atoms with E-state index in [1.165, 1.54) is 0 Å². The Bertz CT molecular complexity index is 410. The van der Waals surface area contributed by atoms with E-state index in [0.29, 0.717) is 0 Å². The van der Waals surface area contributed by atoms with E-state index < -0.39 is 42.9 Å². The van der Waals surface area contributed by atoms with Gasteiger partial charge in [-0.3, -0.25) is 4.74 Å². The molecule has 0 bridgehead atoms. The molecule has 0 amide bonds. The third-order valence-corrected chi connectivity index (χ3v) is 1.85. The largest absolute Gasteiger partial charge is 0.465 e. The summed E-state index contributed by atoms with van der Waals surface area (Å²) in [6, 6.07) is -2.17. The molecule has 14 heteroatoms. The van der Waals surface area contributed by atoms with E-state index in [0.717, 1.165) is 0 Å². The second-order valence-corrected chi connectivity index (χ2v) is 3.56. The van der Waals surface area contributed by atoms with Crippen LogP contribution in [0, 0.1) is 0 Å². The summed E-state index contributed by atoms with van der Waals surface area (Å²) < 4.78 is 152. The average Bonchev–Trinajstić information content (AvgIpc) is 2.22. The fourth-order valence-electron chi connectivity index (χ4n) is 0.773. The molecule has 1 atom stereocenters. The summed E-state index contributed by atoms with van der Waals surface area (Å²) in [5.41, 5.74) is 0. The van der Waals surface area contributed by atoms with E-state index in [2.05, 4.69) is 11.3 Å². The lowest BCUT2D eigenvalue weighted by Crippen LogP contribution is -2.60. The van der Waals surface area contributed by atoms with Crippen molar-refractivity contribution < 1.29 is 62.2 Å². The highest BCUT2D eigenvalue weighted by molar-refractivity contribution is 4.89. The summed E-state index contributed by atoms with van der Waals surface area (Å²) in [4.78, 5) is 0. The van der Waals surface area contributed by atoms with Crippen molar-refractivity contribution in [3.05, 3.63) is 12.6 Å². The molecule has 0 spiro atoms. The summed E-state index contributed by atoms with van der Waals surface area (Å²) >= 11 is 0. The zero-order valence-electron chi connectivity index (χ0n) is 9.77. The van der Waals surface area contributed by atoms with Gasteiger partial charge in [-0.15, -0.1) is 0 Å². The average molecular weight is 360 g/mol. The Labute approximate surface area is 113 Å². The number of hydrogen-bond acceptors (Lipinski definition) is 2. The van der Waals surface area contributed by atoms with E-state index in [1.807, 2.05) is 4.74 Å². The first-order valence-corrected chi connectivity index (χ1v) is 4.63. The minimum atomic E-state index is -7.17. The van der Waals surface area contributed by atoms with Crippen molar-refractivity contribution in [3.63, 3.8) is 0 Å². The quantitative estimate of drug-likeness (QED) is 0.514. The van der Waals surface area contributed by atoms with Gasteiger partial charge in [0.2, 0.25) is 0 Å². The first-order valence-electron chi connectivity index (χ1n) is 4.63. The van der Waals surface area contributed by atoms with Crippen LogP contribution in [0.1, 0.15) is 0 Å². The first kappa shape index (κ1) is 20.7. The number of hydrogen-bond donors (Lipinski definition) is 0. The number of alkyl halides is 11. The monoisotopic (exact) mass is 360 g/mol. The molecule has 1 unspecified atom stereocenters. The third-order valence-electron chi connectivity index (χ3n) is 1.85. The van der Waals surface area contributed by atoms with Crippen molar-refractivity contribution >= 4 is 0 Å². The zero-order valence-corrected chi connectivity index (χ0v) is 9.77. The van der Waals surface area contributed by atoms with Crippen molar-refractivity contribution in [1.29, 1.82) is 0 Å². The molecule has 132 valence electrons. The topological polar surface area (TPSA) is 18.5 Å². The predicted octanol–water partition coefficient (Wildman–Crippen LogP) is 4.48. The standard InChI is InChI=1S/C8H4F12O2/c1-3(9)21-2-4(10,6(13,14)15)22-8(19,20)5(11,12)7(16,17)18/h1-2H2. The molecule has 22 heavy (non-hydrogen) atoms. The number of rotatable bonds is 6. The molecule has 0 aromatic rings. The molecule has 0 aliphatic rings. The Hall–Kier alpha value is -1.34. The van der Waals surface area contributed by atoms with Gasteiger partial charge in [-0.25, -0.2) is 0 Å². The molecule has 0 fully saturated rings. The van der Waals surface area contributed by atoms with E-state index in [1.54, 1.807) is 0 Å². The zero-order chi connectivity index (χ0) is 18.2. The molecule has 0 radical (unpaired) electrons. The van der Waals surface area contributed by atoms with Gasteiger partial charge in [-0.1, -0.05) is 0 Å². The maximum Gasteiger partial charge on any atom is 0.462 e. The second kappa shape index (κ2) is 5.70. The number of ether oxygens (including phenoxy) is 2. The summed E-state index contributed by atoms with van der Waals surface area (Å²) in [6.07, 6.45) is -20.6. The van der Waals surface area contributed by atoms with E-state index in [9.17, 15) is 52.7 Å². The molecular weight excluding hydrogens is 356 g/mol. The van der Waals surface area contributed by atoms with Crippen LogP contribution in [0.5, 0.6) is 0 Å². The van der Waals surface area contributed by atoms with Gasteiger partial charge in [0.15, 0.2) is 6.61 Å². The molecule has 0 aromatic carbocycles. The molecule has 2 nitrogen and oxygen atoms in total. The van der Waals surface area contributed by atoms with Crippen molar-refractivity contribution in [1.82, 2.24) is 0 Å². The fraction of sp³-hybridized carbons (Fsp3) is 0.750. The van der Waals surface area contributed by atoms with E-state index in [4.69, 9.17) is 0 Å². The smallest absolute Gasteiger partial charge is 0.462 e. The normalized spacial score (nSPS) is 17.1. The summed E-state index contributed by atoms with van der Waals surface area (Å²) in [7, 11) is 0. The van der Waals surface area contributed by atoms with Crippen LogP contribution >= 0.6 is 0 Å². The van der Waals surface area contributed by atoms with Gasteiger partial charge >= 0.3 is 30.2 Å². The number of halogens is 12. The fourth-order valence-corrected chi connectivity index (χ4v) is 0.773. The van der Waals surface area contributed by atoms with Crippen molar-refractivity contribution in [3.8, 4) is 0 Å². The van der Waals surface area contributed by atoms with Crippen molar-refractivity contribution in [2.24, 2.45) is 0 Å². The van der Waals surface area contributed by atoms with Crippen LogP contribution in [-0.2, 0) is 9.47 Å². The first-order chi connectivity index (χ1) is 9.37. The molecule has 0 heterocycles. The molecule has 0 aliphatic heterocycles. The summed E-state index contributed by atoms with van der Waals surface area (Å²) in [5, 5.41) is 0. The van der Waals surface area contributed by atoms with Gasteiger partial charge in [0, 0.05) is 0 Å². The minimum absolute atomic E-state index is 2.00. The Morgan fingerprint density at radius 3 is 1.45 bits per heavy atom. The van der Waals surface area contributed by atoms with Crippen LogP contribution in [0.3, 0.4) is 0 Å². The van der Waals surface area contributed by atoms with Crippen LogP contribution < -0.4 is 0 Å². The third kappa shape index (κ3) is 4.10. The van der Waals surface area contributed by atoms with Gasteiger partial charge in [0.25, 0.3) is 6.01 Å². The molecular formula is C8H4F12O2. The van der Waals surface area contributed by atoms with Crippen molar-refractivity contribution in [2.45, 2.75) is 30.2 Å². The van der Waals surface area contributed by atoms with Gasteiger partial charge in [0.05, 0.1) is 0 Å². The lowest BCUT2D eigenvalue weighted by Gasteiger charge is -2.34. The highest BCUT2D eigenvalue weighted by atomic mass is 19.4. The van der Waals surface area contributed by atoms with Gasteiger partial charge < -0.3 is 4.74 Å². The second-order valence-electron chi connectivity index (χ2n) is 3.56. The Morgan fingerprint density at radius 2 is 1.18 bits per heavy atom. The van der Waals surface area contributed by atoms with Crippen LogP contribution in [0.25, 0.3) is 0 Å².